The summed E-state index contributed by atoms with van der Waals surface area (Å²) in [6.07, 6.45) is 2.23. The Morgan fingerprint density at radius 2 is 2.19 bits per heavy atom. The normalized spacial score (nSPS) is 28.1. The first-order valence-electron chi connectivity index (χ1n) is 9.24. The fourth-order valence-electron chi connectivity index (χ4n) is 3.97. The van der Waals surface area contributed by atoms with Crippen molar-refractivity contribution in [2.75, 3.05) is 26.3 Å². The first-order chi connectivity index (χ1) is 12.6. The highest BCUT2D eigenvalue weighted by Gasteiger charge is 2.56. The summed E-state index contributed by atoms with van der Waals surface area (Å²) in [5, 5.41) is 12.4. The number of fused-ring (bicyclic) bond motifs is 1. The molecule has 1 saturated carbocycles. The number of ether oxygens (including phenoxy) is 1. The molecule has 5 rings (SSSR count). The van der Waals surface area contributed by atoms with Crippen molar-refractivity contribution in [1.29, 1.82) is 0 Å². The molecule has 3 aliphatic rings. The minimum absolute atomic E-state index is 0.0991. The Morgan fingerprint density at radius 3 is 2.92 bits per heavy atom. The van der Waals surface area contributed by atoms with Gasteiger partial charge in [-0.25, -0.2) is 0 Å². The van der Waals surface area contributed by atoms with Crippen molar-refractivity contribution in [1.82, 2.24) is 20.3 Å². The predicted molar refractivity (Wildman–Crippen MR) is 88.8 cm³/mol. The maximum atomic E-state index is 12.9. The molecule has 138 valence electrons. The number of carbonyl (C=O) groups excluding carboxylic acids is 1. The van der Waals surface area contributed by atoms with Crippen LogP contribution in [0.3, 0.4) is 0 Å². The van der Waals surface area contributed by atoms with Gasteiger partial charge in [-0.3, -0.25) is 4.79 Å². The molecule has 0 unspecified atom stereocenters. The second-order valence-corrected chi connectivity index (χ2v) is 8.04. The van der Waals surface area contributed by atoms with Crippen molar-refractivity contribution in [2.24, 2.45) is 5.92 Å². The molecule has 26 heavy (non-hydrogen) atoms. The zero-order valence-electron chi connectivity index (χ0n) is 15.0. The van der Waals surface area contributed by atoms with E-state index < -0.39 is 5.41 Å². The van der Waals surface area contributed by atoms with Crippen LogP contribution < -0.4 is 0 Å². The van der Waals surface area contributed by atoms with Gasteiger partial charge in [0.25, 0.3) is 5.91 Å². The highest BCUT2D eigenvalue weighted by Crippen LogP contribution is 2.44. The van der Waals surface area contributed by atoms with Gasteiger partial charge in [-0.1, -0.05) is 19.0 Å². The highest BCUT2D eigenvalue weighted by molar-refractivity contribution is 5.92. The molecule has 1 amide bonds. The molecule has 8 nitrogen and oxygen atoms in total. The number of aromatic nitrogens is 3. The standard InChI is InChI=1S/C18H22N4O4/c1-10(2)15-19-20-17(25-15)18-8-22(6-12(18)7-24-9-18)16(23)13-5-14(26-21-13)11-3-4-11/h5,10-12H,3-4,6-9H2,1-2H3/t12-,18-/m1/s1. The summed E-state index contributed by atoms with van der Waals surface area (Å²) in [5.74, 6) is 2.69. The lowest BCUT2D eigenvalue weighted by Gasteiger charge is -2.22. The lowest BCUT2D eigenvalue weighted by Crippen LogP contribution is -2.37. The molecule has 0 N–H and O–H groups in total. The van der Waals surface area contributed by atoms with Gasteiger partial charge < -0.3 is 18.6 Å². The van der Waals surface area contributed by atoms with Crippen molar-refractivity contribution in [3.05, 3.63) is 29.3 Å². The fraction of sp³-hybridized carbons (Fsp3) is 0.667. The third-order valence-corrected chi connectivity index (χ3v) is 5.75. The van der Waals surface area contributed by atoms with E-state index in [1.807, 2.05) is 18.7 Å². The van der Waals surface area contributed by atoms with Crippen molar-refractivity contribution in [3.8, 4) is 0 Å². The van der Waals surface area contributed by atoms with E-state index in [4.69, 9.17) is 13.7 Å². The van der Waals surface area contributed by atoms with E-state index in [0.29, 0.717) is 49.7 Å². The third-order valence-electron chi connectivity index (χ3n) is 5.75. The summed E-state index contributed by atoms with van der Waals surface area (Å²) >= 11 is 0. The second-order valence-electron chi connectivity index (χ2n) is 8.04. The van der Waals surface area contributed by atoms with Crippen LogP contribution >= 0.6 is 0 Å². The van der Waals surface area contributed by atoms with Crippen LogP contribution in [0.2, 0.25) is 0 Å². The van der Waals surface area contributed by atoms with Gasteiger partial charge in [0.05, 0.1) is 18.6 Å². The van der Waals surface area contributed by atoms with E-state index in [-0.39, 0.29) is 17.7 Å². The number of nitrogens with zero attached hydrogens (tertiary/aromatic N) is 4. The smallest absolute Gasteiger partial charge is 0.276 e. The van der Waals surface area contributed by atoms with E-state index >= 15 is 0 Å². The zero-order valence-corrected chi connectivity index (χ0v) is 15.0. The van der Waals surface area contributed by atoms with E-state index in [1.165, 1.54) is 0 Å². The van der Waals surface area contributed by atoms with E-state index in [0.717, 1.165) is 18.6 Å². The first-order valence-corrected chi connectivity index (χ1v) is 9.24. The molecule has 3 fully saturated rings. The van der Waals surface area contributed by atoms with Gasteiger partial charge in [0.2, 0.25) is 11.8 Å². The van der Waals surface area contributed by atoms with Crippen LogP contribution in [0.4, 0.5) is 0 Å². The summed E-state index contributed by atoms with van der Waals surface area (Å²) < 4.78 is 17.0. The maximum absolute atomic E-state index is 12.9. The average Bonchev–Trinajstić information content (AvgIpc) is 3.05. The van der Waals surface area contributed by atoms with Crippen molar-refractivity contribution < 1.29 is 18.5 Å². The minimum atomic E-state index is -0.418. The molecular formula is C18H22N4O4. The lowest BCUT2D eigenvalue weighted by molar-refractivity contribution is 0.0728. The highest BCUT2D eigenvalue weighted by atomic mass is 16.5. The maximum Gasteiger partial charge on any atom is 0.276 e. The first kappa shape index (κ1) is 16.0. The molecule has 0 radical (unpaired) electrons. The number of rotatable bonds is 4. The molecule has 2 saturated heterocycles. The Balaban J connectivity index is 1.40. The topological polar surface area (TPSA) is 94.5 Å². The number of hydrogen-bond donors (Lipinski definition) is 0. The monoisotopic (exact) mass is 358 g/mol. The van der Waals surface area contributed by atoms with Crippen LogP contribution in [0, 0.1) is 5.92 Å². The van der Waals surface area contributed by atoms with Gasteiger partial charge >= 0.3 is 0 Å². The molecule has 4 heterocycles. The molecule has 8 heteroatoms. The van der Waals surface area contributed by atoms with Gasteiger partial charge in [0.15, 0.2) is 5.69 Å². The van der Waals surface area contributed by atoms with E-state index in [1.54, 1.807) is 6.07 Å². The van der Waals surface area contributed by atoms with E-state index in [2.05, 4.69) is 15.4 Å². The van der Waals surface area contributed by atoms with Gasteiger partial charge in [-0.05, 0) is 12.8 Å². The van der Waals surface area contributed by atoms with Crippen molar-refractivity contribution in [2.45, 2.75) is 43.9 Å². The van der Waals surface area contributed by atoms with Crippen LogP contribution in [-0.4, -0.2) is 52.5 Å². The Bertz CT molecular complexity index is 840. The second kappa shape index (κ2) is 5.64. The summed E-state index contributed by atoms with van der Waals surface area (Å²) in [5.41, 5.74) is -0.0323. The Kier molecular flexibility index (Phi) is 3.47. The minimum Gasteiger partial charge on any atom is -0.424 e. The van der Waals surface area contributed by atoms with Gasteiger partial charge in [0.1, 0.15) is 5.76 Å². The molecule has 2 atom stereocenters. The largest absolute Gasteiger partial charge is 0.424 e. The third kappa shape index (κ3) is 2.39. The number of amides is 1. The summed E-state index contributed by atoms with van der Waals surface area (Å²) in [4.78, 5) is 14.7. The lowest BCUT2D eigenvalue weighted by atomic mass is 9.81. The van der Waals surface area contributed by atoms with Crippen LogP contribution in [0.1, 0.15) is 66.6 Å². The Labute approximate surface area is 150 Å². The Hall–Kier alpha value is -2.22. The van der Waals surface area contributed by atoms with Crippen LogP contribution in [0.5, 0.6) is 0 Å². The molecule has 0 bridgehead atoms. The predicted octanol–water partition coefficient (Wildman–Crippen LogP) is 2.10. The molecule has 2 aromatic heterocycles. The van der Waals surface area contributed by atoms with Crippen LogP contribution in [0.25, 0.3) is 0 Å². The number of likely N-dealkylation sites (tertiary alicyclic amines) is 1. The van der Waals surface area contributed by atoms with Gasteiger partial charge in [0, 0.05) is 36.9 Å². The van der Waals surface area contributed by atoms with Crippen LogP contribution in [0.15, 0.2) is 15.0 Å². The average molecular weight is 358 g/mol. The van der Waals surface area contributed by atoms with E-state index in [9.17, 15) is 4.79 Å². The quantitative estimate of drug-likeness (QED) is 0.826. The molecule has 0 spiro atoms. The molecular weight excluding hydrogens is 336 g/mol. The molecule has 2 aromatic rings. The van der Waals surface area contributed by atoms with Crippen molar-refractivity contribution >= 4 is 5.91 Å². The number of carbonyl (C=O) groups is 1. The van der Waals surface area contributed by atoms with Gasteiger partial charge in [-0.2, -0.15) is 0 Å². The van der Waals surface area contributed by atoms with Crippen LogP contribution in [-0.2, 0) is 10.2 Å². The molecule has 1 aliphatic carbocycles. The summed E-state index contributed by atoms with van der Waals surface area (Å²) in [7, 11) is 0. The molecule has 0 aromatic carbocycles. The van der Waals surface area contributed by atoms with Gasteiger partial charge in [-0.15, -0.1) is 10.2 Å². The Morgan fingerprint density at radius 1 is 1.35 bits per heavy atom. The number of hydrogen-bond acceptors (Lipinski definition) is 7. The zero-order chi connectivity index (χ0) is 17.9. The molecule has 2 aliphatic heterocycles. The summed E-state index contributed by atoms with van der Waals surface area (Å²) in [6, 6.07) is 1.79. The van der Waals surface area contributed by atoms with Crippen molar-refractivity contribution in [3.63, 3.8) is 0 Å². The fourth-order valence-corrected chi connectivity index (χ4v) is 3.97. The summed E-state index contributed by atoms with van der Waals surface area (Å²) in [6.45, 7) is 6.22. The SMILES string of the molecule is CC(C)c1nnc([C@]23COC[C@H]2CN(C(=O)c2cc(C4CC4)on2)C3)o1.